The van der Waals surface area contributed by atoms with Crippen LogP contribution in [0.1, 0.15) is 18.0 Å². The van der Waals surface area contributed by atoms with Crippen LogP contribution >= 0.6 is 27.7 Å². The summed E-state index contributed by atoms with van der Waals surface area (Å²) in [6.45, 7) is 0. The predicted octanol–water partition coefficient (Wildman–Crippen LogP) is 2.94. The van der Waals surface area contributed by atoms with Crippen molar-refractivity contribution in [1.29, 1.82) is 0 Å². The summed E-state index contributed by atoms with van der Waals surface area (Å²) in [7, 11) is 0. The lowest BCUT2D eigenvalue weighted by atomic mass is 10.1. The molecule has 2 rings (SSSR count). The number of hydrogen-bond donors (Lipinski definition) is 1. The maximum atomic E-state index is 5.97. The van der Waals surface area contributed by atoms with Gasteiger partial charge in [-0.3, -0.25) is 0 Å². The molecule has 0 saturated carbocycles. The Morgan fingerprint density at radius 3 is 3.17 bits per heavy atom. The first-order valence-electron chi connectivity index (χ1n) is 3.95. The van der Waals surface area contributed by atoms with Crippen molar-refractivity contribution in [2.75, 3.05) is 5.75 Å². The smallest absolute Gasteiger partial charge is 0.0314 e. The average molecular weight is 244 g/mol. The first kappa shape index (κ1) is 8.60. The van der Waals surface area contributed by atoms with Gasteiger partial charge in [-0.1, -0.05) is 22.0 Å². The normalized spacial score (nSPS) is 22.0. The SMILES string of the molecule is N[C@@H]1CCSc2cc(Br)ccc21. The zero-order valence-electron chi connectivity index (χ0n) is 6.59. The van der Waals surface area contributed by atoms with Crippen molar-refractivity contribution in [3.8, 4) is 0 Å². The van der Waals surface area contributed by atoms with E-state index in [1.807, 2.05) is 11.8 Å². The van der Waals surface area contributed by atoms with Gasteiger partial charge in [-0.25, -0.2) is 0 Å². The maximum absolute atomic E-state index is 5.97. The van der Waals surface area contributed by atoms with Crippen LogP contribution in [0, 0.1) is 0 Å². The highest BCUT2D eigenvalue weighted by atomic mass is 79.9. The Hall–Kier alpha value is 0.01000. The number of benzene rings is 1. The van der Waals surface area contributed by atoms with E-state index in [0.717, 1.165) is 16.6 Å². The van der Waals surface area contributed by atoms with E-state index in [-0.39, 0.29) is 6.04 Å². The number of hydrogen-bond acceptors (Lipinski definition) is 2. The number of nitrogens with two attached hydrogens (primary N) is 1. The van der Waals surface area contributed by atoms with Crippen molar-refractivity contribution in [1.82, 2.24) is 0 Å². The molecular formula is C9H10BrNS. The molecule has 2 N–H and O–H groups in total. The summed E-state index contributed by atoms with van der Waals surface area (Å²) < 4.78 is 1.14. The Morgan fingerprint density at radius 1 is 1.50 bits per heavy atom. The van der Waals surface area contributed by atoms with E-state index in [1.54, 1.807) is 0 Å². The molecule has 0 aliphatic carbocycles. The highest BCUT2D eigenvalue weighted by molar-refractivity contribution is 9.10. The van der Waals surface area contributed by atoms with Crippen LogP contribution in [0.25, 0.3) is 0 Å². The monoisotopic (exact) mass is 243 g/mol. The Kier molecular flexibility index (Phi) is 2.44. The van der Waals surface area contributed by atoms with Crippen LogP contribution in [-0.2, 0) is 0 Å². The highest BCUT2D eigenvalue weighted by Gasteiger charge is 2.16. The lowest BCUT2D eigenvalue weighted by molar-refractivity contribution is 0.680. The Bertz CT molecular complexity index is 301. The van der Waals surface area contributed by atoms with Crippen LogP contribution in [0.5, 0.6) is 0 Å². The number of rotatable bonds is 0. The third-order valence-corrected chi connectivity index (χ3v) is 3.66. The van der Waals surface area contributed by atoms with Gasteiger partial charge in [0.05, 0.1) is 0 Å². The van der Waals surface area contributed by atoms with E-state index < -0.39 is 0 Å². The second-order valence-electron chi connectivity index (χ2n) is 2.93. The average Bonchev–Trinajstić information content (AvgIpc) is 2.04. The molecule has 1 aromatic rings. The van der Waals surface area contributed by atoms with Crippen molar-refractivity contribution >= 4 is 27.7 Å². The Morgan fingerprint density at radius 2 is 2.33 bits per heavy atom. The van der Waals surface area contributed by atoms with Crippen molar-refractivity contribution in [2.24, 2.45) is 5.73 Å². The van der Waals surface area contributed by atoms with Gasteiger partial charge in [0, 0.05) is 15.4 Å². The molecule has 0 aromatic heterocycles. The summed E-state index contributed by atoms with van der Waals surface area (Å²) in [5, 5.41) is 0. The summed E-state index contributed by atoms with van der Waals surface area (Å²) in [4.78, 5) is 1.34. The van der Waals surface area contributed by atoms with Crippen LogP contribution in [0.2, 0.25) is 0 Å². The van der Waals surface area contributed by atoms with Gasteiger partial charge in [0.25, 0.3) is 0 Å². The minimum Gasteiger partial charge on any atom is -0.324 e. The molecule has 3 heteroatoms. The minimum atomic E-state index is 0.245. The van der Waals surface area contributed by atoms with Crippen LogP contribution < -0.4 is 5.73 Å². The molecule has 0 amide bonds. The number of halogens is 1. The summed E-state index contributed by atoms with van der Waals surface area (Å²) in [5.74, 6) is 1.14. The lowest BCUT2D eigenvalue weighted by Crippen LogP contribution is -2.15. The van der Waals surface area contributed by atoms with Crippen molar-refractivity contribution in [3.05, 3.63) is 28.2 Å². The fraction of sp³-hybridized carbons (Fsp3) is 0.333. The molecule has 64 valence electrons. The van der Waals surface area contributed by atoms with Crippen LogP contribution in [0.15, 0.2) is 27.6 Å². The summed E-state index contributed by atoms with van der Waals surface area (Å²) in [6.07, 6.45) is 1.10. The van der Waals surface area contributed by atoms with E-state index in [9.17, 15) is 0 Å². The van der Waals surface area contributed by atoms with E-state index in [1.165, 1.54) is 10.5 Å². The highest BCUT2D eigenvalue weighted by Crippen LogP contribution is 2.36. The van der Waals surface area contributed by atoms with E-state index in [4.69, 9.17) is 5.73 Å². The third kappa shape index (κ3) is 1.53. The molecule has 1 aliphatic heterocycles. The van der Waals surface area contributed by atoms with E-state index >= 15 is 0 Å². The van der Waals surface area contributed by atoms with Gasteiger partial charge in [-0.15, -0.1) is 11.8 Å². The number of thioether (sulfide) groups is 1. The zero-order valence-corrected chi connectivity index (χ0v) is 8.99. The first-order chi connectivity index (χ1) is 5.77. The molecule has 1 nitrogen and oxygen atoms in total. The molecule has 1 atom stereocenters. The first-order valence-corrected chi connectivity index (χ1v) is 5.73. The summed E-state index contributed by atoms with van der Waals surface area (Å²) >= 11 is 5.35. The topological polar surface area (TPSA) is 26.0 Å². The summed E-state index contributed by atoms with van der Waals surface area (Å²) in [5.41, 5.74) is 7.27. The standard InChI is InChI=1S/C9H10BrNS/c10-6-1-2-7-8(11)3-4-12-9(7)5-6/h1-2,5,8H,3-4,11H2/t8-/m1/s1. The second kappa shape index (κ2) is 3.40. The van der Waals surface area contributed by atoms with Gasteiger partial charge < -0.3 is 5.73 Å². The van der Waals surface area contributed by atoms with Gasteiger partial charge in [0.1, 0.15) is 0 Å². The predicted molar refractivity (Wildman–Crippen MR) is 56.4 cm³/mol. The molecule has 0 spiro atoms. The molecule has 1 heterocycles. The molecule has 0 radical (unpaired) electrons. The number of fused-ring (bicyclic) bond motifs is 1. The Labute approximate surface area is 84.9 Å². The van der Waals surface area contributed by atoms with Crippen LogP contribution in [0.4, 0.5) is 0 Å². The summed E-state index contributed by atoms with van der Waals surface area (Å²) in [6, 6.07) is 6.58. The minimum absolute atomic E-state index is 0.245. The molecule has 0 fully saturated rings. The second-order valence-corrected chi connectivity index (χ2v) is 4.98. The van der Waals surface area contributed by atoms with Crippen LogP contribution in [0.3, 0.4) is 0 Å². The van der Waals surface area contributed by atoms with Gasteiger partial charge >= 0.3 is 0 Å². The molecule has 0 saturated heterocycles. The van der Waals surface area contributed by atoms with Crippen molar-refractivity contribution < 1.29 is 0 Å². The van der Waals surface area contributed by atoms with Gasteiger partial charge in [0.15, 0.2) is 0 Å². The molecule has 0 unspecified atom stereocenters. The van der Waals surface area contributed by atoms with Crippen molar-refractivity contribution in [3.63, 3.8) is 0 Å². The Balaban J connectivity index is 2.46. The zero-order chi connectivity index (χ0) is 8.55. The molecule has 1 aromatic carbocycles. The maximum Gasteiger partial charge on any atom is 0.0314 e. The van der Waals surface area contributed by atoms with Crippen LogP contribution in [-0.4, -0.2) is 5.75 Å². The fourth-order valence-electron chi connectivity index (χ4n) is 1.39. The molecule has 1 aliphatic rings. The lowest BCUT2D eigenvalue weighted by Gasteiger charge is -2.21. The molecule has 0 bridgehead atoms. The van der Waals surface area contributed by atoms with E-state index in [2.05, 4.69) is 34.1 Å². The van der Waals surface area contributed by atoms with E-state index in [0.29, 0.717) is 0 Å². The third-order valence-electron chi connectivity index (χ3n) is 2.06. The van der Waals surface area contributed by atoms with Gasteiger partial charge in [0.2, 0.25) is 0 Å². The van der Waals surface area contributed by atoms with Gasteiger partial charge in [-0.05, 0) is 29.9 Å². The largest absolute Gasteiger partial charge is 0.324 e. The van der Waals surface area contributed by atoms with Gasteiger partial charge in [-0.2, -0.15) is 0 Å². The fourth-order valence-corrected chi connectivity index (χ4v) is 3.09. The quantitative estimate of drug-likeness (QED) is 0.759. The van der Waals surface area contributed by atoms with Crippen molar-refractivity contribution in [2.45, 2.75) is 17.4 Å². The molecular weight excluding hydrogens is 234 g/mol. The molecule has 12 heavy (non-hydrogen) atoms.